The predicted octanol–water partition coefficient (Wildman–Crippen LogP) is 4.31. The van der Waals surface area contributed by atoms with E-state index in [-0.39, 0.29) is 17.6 Å². The topological polar surface area (TPSA) is 64.3 Å². The van der Waals surface area contributed by atoms with E-state index in [0.29, 0.717) is 31.4 Å². The van der Waals surface area contributed by atoms with E-state index in [1.807, 2.05) is 0 Å². The number of benzene rings is 2. The normalized spacial score (nSPS) is 10.2. The van der Waals surface area contributed by atoms with Crippen molar-refractivity contribution in [1.29, 1.82) is 0 Å². The molecule has 3 N–H and O–H groups in total. The number of rotatable bonds is 4. The van der Waals surface area contributed by atoms with Gasteiger partial charge in [0.2, 0.25) is 0 Å². The van der Waals surface area contributed by atoms with Gasteiger partial charge in [-0.15, -0.1) is 0 Å². The van der Waals surface area contributed by atoms with Gasteiger partial charge in [0.05, 0.1) is 4.47 Å². The summed E-state index contributed by atoms with van der Waals surface area (Å²) in [6.07, 6.45) is 0. The fourth-order valence-corrected chi connectivity index (χ4v) is 2.86. The predicted molar refractivity (Wildman–Crippen MR) is 99.2 cm³/mol. The maximum absolute atomic E-state index is 11.8. The number of amides is 1. The molecule has 0 heterocycles. The third-order valence-electron chi connectivity index (χ3n) is 2.86. The van der Waals surface area contributed by atoms with E-state index in [9.17, 15) is 4.79 Å². The summed E-state index contributed by atoms with van der Waals surface area (Å²) in [6.45, 7) is 0.204. The first-order valence-electron chi connectivity index (χ1n) is 6.34. The smallest absolute Gasteiger partial charge is 0.257 e. The zero-order valence-corrected chi connectivity index (χ0v) is 15.5. The van der Waals surface area contributed by atoms with Gasteiger partial charge in [0, 0.05) is 21.2 Å². The monoisotopic (exact) mass is 432 g/mol. The van der Waals surface area contributed by atoms with Crippen LogP contribution in [0.1, 0.15) is 15.9 Å². The molecule has 0 radical (unpaired) electrons. The summed E-state index contributed by atoms with van der Waals surface area (Å²) >= 11 is 20.2. The minimum absolute atomic E-state index is 0.0835. The van der Waals surface area contributed by atoms with E-state index in [4.69, 9.17) is 33.7 Å². The molecule has 0 aliphatic rings. The fraction of sp³-hybridized carbons (Fsp3) is 0.0667. The van der Waals surface area contributed by atoms with E-state index < -0.39 is 0 Å². The van der Waals surface area contributed by atoms with Gasteiger partial charge in [-0.05, 0) is 58.5 Å². The molecule has 0 saturated carbocycles. The van der Waals surface area contributed by atoms with Gasteiger partial charge in [-0.2, -0.15) is 0 Å². The number of nitrogens with two attached hydrogens (primary N) is 1. The van der Waals surface area contributed by atoms with Crippen molar-refractivity contribution >= 4 is 62.4 Å². The lowest BCUT2D eigenvalue weighted by molar-refractivity contribution is 0.0977. The lowest BCUT2D eigenvalue weighted by Gasteiger charge is -2.12. The molecule has 120 valence electrons. The molecule has 0 aliphatic carbocycles. The fourth-order valence-electron chi connectivity index (χ4n) is 1.76. The zero-order chi connectivity index (χ0) is 17.0. The summed E-state index contributed by atoms with van der Waals surface area (Å²) in [5, 5.41) is 3.33. The molecule has 1 amide bonds. The highest BCUT2D eigenvalue weighted by atomic mass is 79.9. The van der Waals surface area contributed by atoms with Crippen LogP contribution in [-0.2, 0) is 6.61 Å². The number of thiocarbonyl (C=S) groups is 1. The molecule has 4 nitrogen and oxygen atoms in total. The Morgan fingerprint density at radius 2 is 1.91 bits per heavy atom. The molecule has 0 unspecified atom stereocenters. The summed E-state index contributed by atoms with van der Waals surface area (Å²) in [5.41, 5.74) is 6.37. The van der Waals surface area contributed by atoms with Crippen LogP contribution in [0.5, 0.6) is 5.75 Å². The maximum Gasteiger partial charge on any atom is 0.257 e. The second-order valence-electron chi connectivity index (χ2n) is 4.45. The van der Waals surface area contributed by atoms with Crippen LogP contribution in [0.25, 0.3) is 0 Å². The molecule has 0 fully saturated rings. The van der Waals surface area contributed by atoms with Crippen LogP contribution in [0.3, 0.4) is 0 Å². The Hall–Kier alpha value is -1.34. The van der Waals surface area contributed by atoms with Crippen LogP contribution >= 0.6 is 51.3 Å². The minimum Gasteiger partial charge on any atom is -0.488 e. The molecular weight excluding hydrogens is 423 g/mol. The van der Waals surface area contributed by atoms with Crippen molar-refractivity contribution in [2.24, 2.45) is 5.73 Å². The molecular formula is C15H11BrCl2N2O2S. The van der Waals surface area contributed by atoms with Crippen LogP contribution in [0, 0.1) is 0 Å². The zero-order valence-electron chi connectivity index (χ0n) is 11.6. The van der Waals surface area contributed by atoms with Crippen LogP contribution in [0.4, 0.5) is 0 Å². The SMILES string of the molecule is NC(=S)NC(=O)c1ccc(OCc2c(Cl)cccc2Cl)c(Br)c1. The Bertz CT molecular complexity index is 751. The van der Waals surface area contributed by atoms with Gasteiger partial charge < -0.3 is 10.5 Å². The number of hydrogen-bond acceptors (Lipinski definition) is 3. The van der Waals surface area contributed by atoms with Gasteiger partial charge in [-0.25, -0.2) is 0 Å². The summed E-state index contributed by atoms with van der Waals surface area (Å²) in [7, 11) is 0. The van der Waals surface area contributed by atoms with Crippen molar-refractivity contribution in [3.8, 4) is 5.75 Å². The molecule has 23 heavy (non-hydrogen) atoms. The molecule has 0 saturated heterocycles. The van der Waals surface area contributed by atoms with Crippen molar-refractivity contribution in [3.63, 3.8) is 0 Å². The van der Waals surface area contributed by atoms with Gasteiger partial charge in [0.1, 0.15) is 12.4 Å². The van der Waals surface area contributed by atoms with Crippen molar-refractivity contribution in [3.05, 3.63) is 62.0 Å². The molecule has 2 rings (SSSR count). The summed E-state index contributed by atoms with van der Waals surface area (Å²) in [5.74, 6) is 0.159. The molecule has 8 heteroatoms. The Labute approximate surface area is 157 Å². The number of carbonyl (C=O) groups is 1. The van der Waals surface area contributed by atoms with E-state index in [0.717, 1.165) is 0 Å². The van der Waals surface area contributed by atoms with Crippen LogP contribution in [-0.4, -0.2) is 11.0 Å². The van der Waals surface area contributed by atoms with Gasteiger partial charge in [-0.1, -0.05) is 29.3 Å². The molecule has 0 aromatic heterocycles. The molecule has 2 aromatic carbocycles. The maximum atomic E-state index is 11.8. The summed E-state index contributed by atoms with van der Waals surface area (Å²) in [4.78, 5) is 11.8. The van der Waals surface area contributed by atoms with E-state index in [2.05, 4.69) is 33.5 Å². The number of halogens is 3. The number of nitrogens with one attached hydrogen (secondary N) is 1. The standard InChI is InChI=1S/C15H11BrCl2N2O2S/c16-10-6-8(14(21)20-15(19)23)4-5-13(10)22-7-9-11(17)2-1-3-12(9)18/h1-6H,7H2,(H3,19,20,21,23). The third-order valence-corrected chi connectivity index (χ3v) is 4.29. The molecule has 0 spiro atoms. The number of ether oxygens (including phenoxy) is 1. The average molecular weight is 434 g/mol. The average Bonchev–Trinajstić information content (AvgIpc) is 2.47. The molecule has 0 aliphatic heterocycles. The van der Waals surface area contributed by atoms with Gasteiger partial charge in [0.25, 0.3) is 5.91 Å². The van der Waals surface area contributed by atoms with E-state index in [1.165, 1.54) is 0 Å². The molecule has 0 bridgehead atoms. The van der Waals surface area contributed by atoms with E-state index >= 15 is 0 Å². The van der Waals surface area contributed by atoms with Crippen LogP contribution in [0.15, 0.2) is 40.9 Å². The third kappa shape index (κ3) is 4.81. The Morgan fingerprint density at radius 3 is 2.48 bits per heavy atom. The quantitative estimate of drug-likeness (QED) is 0.705. The Morgan fingerprint density at radius 1 is 1.26 bits per heavy atom. The molecule has 2 aromatic rings. The first-order valence-corrected chi connectivity index (χ1v) is 8.30. The van der Waals surface area contributed by atoms with Crippen molar-refractivity contribution in [2.75, 3.05) is 0 Å². The highest BCUT2D eigenvalue weighted by molar-refractivity contribution is 9.10. The van der Waals surface area contributed by atoms with Gasteiger partial charge in [-0.3, -0.25) is 10.1 Å². The number of carbonyl (C=O) groups excluding carboxylic acids is 1. The van der Waals surface area contributed by atoms with Crippen LogP contribution in [0.2, 0.25) is 10.0 Å². The second kappa shape index (κ2) is 7.97. The van der Waals surface area contributed by atoms with Gasteiger partial charge in [0.15, 0.2) is 5.11 Å². The number of hydrogen-bond donors (Lipinski definition) is 2. The second-order valence-corrected chi connectivity index (χ2v) is 6.56. The Kier molecular flexibility index (Phi) is 6.24. The van der Waals surface area contributed by atoms with Crippen molar-refractivity contribution < 1.29 is 9.53 Å². The lowest BCUT2D eigenvalue weighted by atomic mass is 10.2. The first kappa shape index (κ1) is 18.0. The largest absolute Gasteiger partial charge is 0.488 e. The summed E-state index contributed by atoms with van der Waals surface area (Å²) < 4.78 is 6.31. The summed E-state index contributed by atoms with van der Waals surface area (Å²) in [6, 6.07) is 10.1. The lowest BCUT2D eigenvalue weighted by Crippen LogP contribution is -2.34. The molecule has 0 atom stereocenters. The van der Waals surface area contributed by atoms with Gasteiger partial charge >= 0.3 is 0 Å². The Balaban J connectivity index is 2.13. The van der Waals surface area contributed by atoms with Crippen molar-refractivity contribution in [1.82, 2.24) is 5.32 Å². The van der Waals surface area contributed by atoms with Crippen LogP contribution < -0.4 is 15.8 Å². The highest BCUT2D eigenvalue weighted by Gasteiger charge is 2.11. The highest BCUT2D eigenvalue weighted by Crippen LogP contribution is 2.30. The van der Waals surface area contributed by atoms with Crippen molar-refractivity contribution in [2.45, 2.75) is 6.61 Å². The first-order chi connectivity index (χ1) is 10.9. The minimum atomic E-state index is -0.390. The van der Waals surface area contributed by atoms with E-state index in [1.54, 1.807) is 36.4 Å².